The topological polar surface area (TPSA) is 24.4 Å². The van der Waals surface area contributed by atoms with Crippen LogP contribution in [0.25, 0.3) is 43.4 Å². The summed E-state index contributed by atoms with van der Waals surface area (Å²) in [7, 11) is 0. The molecule has 2 heteroatoms. The second-order valence-electron chi connectivity index (χ2n) is 9.80. The molecule has 184 valence electrons. The second kappa shape index (κ2) is 9.92. The normalized spacial score (nSPS) is 11.1. The monoisotopic (exact) mass is 498 g/mol. The Kier molecular flexibility index (Phi) is 5.84. The third-order valence-corrected chi connectivity index (χ3v) is 7.31. The Labute approximate surface area is 227 Å². The zero-order valence-corrected chi connectivity index (χ0v) is 21.4. The Morgan fingerprint density at radius 2 is 0.923 bits per heavy atom. The largest absolute Gasteiger partial charge is 0.278 e. The van der Waals surface area contributed by atoms with Crippen molar-refractivity contribution in [3.8, 4) is 11.1 Å². The van der Waals surface area contributed by atoms with E-state index in [0.717, 1.165) is 22.5 Å². The predicted molar refractivity (Wildman–Crippen MR) is 167 cm³/mol. The van der Waals surface area contributed by atoms with Gasteiger partial charge in [-0.15, -0.1) is 0 Å². The number of nitrogens with one attached hydrogen (secondary N) is 1. The van der Waals surface area contributed by atoms with Crippen molar-refractivity contribution in [2.75, 3.05) is 5.43 Å². The Hall–Kier alpha value is -5.21. The Bertz CT molecular complexity index is 1930. The van der Waals surface area contributed by atoms with Gasteiger partial charge in [-0.2, -0.15) is 5.10 Å². The van der Waals surface area contributed by atoms with Crippen LogP contribution in [0.1, 0.15) is 11.1 Å². The van der Waals surface area contributed by atoms with Gasteiger partial charge in [0.05, 0.1) is 11.4 Å². The van der Waals surface area contributed by atoms with Crippen LogP contribution in [-0.4, -0.2) is 5.71 Å². The highest BCUT2D eigenvalue weighted by Crippen LogP contribution is 2.32. The van der Waals surface area contributed by atoms with Gasteiger partial charge in [0, 0.05) is 11.1 Å². The van der Waals surface area contributed by atoms with Crippen LogP contribution in [0.3, 0.4) is 0 Å². The van der Waals surface area contributed by atoms with Crippen LogP contribution in [0.5, 0.6) is 0 Å². The summed E-state index contributed by atoms with van der Waals surface area (Å²) in [5, 5.41) is 12.3. The lowest BCUT2D eigenvalue weighted by Crippen LogP contribution is -2.06. The molecule has 0 saturated carbocycles. The van der Waals surface area contributed by atoms with Gasteiger partial charge in [-0.3, -0.25) is 5.43 Å². The third kappa shape index (κ3) is 4.54. The van der Waals surface area contributed by atoms with Crippen LogP contribution in [0.15, 0.2) is 157 Å². The highest BCUT2D eigenvalue weighted by atomic mass is 15.3. The molecular weight excluding hydrogens is 472 g/mol. The first-order chi connectivity index (χ1) is 19.3. The maximum atomic E-state index is 4.84. The molecule has 7 aromatic rings. The molecule has 0 radical (unpaired) electrons. The lowest BCUT2D eigenvalue weighted by Gasteiger charge is -2.11. The molecule has 7 rings (SSSR count). The highest BCUT2D eigenvalue weighted by Gasteiger charge is 2.08. The minimum Gasteiger partial charge on any atom is -0.278 e. The number of anilines is 1. The summed E-state index contributed by atoms with van der Waals surface area (Å²) in [6.45, 7) is 0. The van der Waals surface area contributed by atoms with Crippen LogP contribution in [0.2, 0.25) is 0 Å². The lowest BCUT2D eigenvalue weighted by molar-refractivity contribution is 1.33. The van der Waals surface area contributed by atoms with Crippen LogP contribution < -0.4 is 5.43 Å². The molecule has 0 aromatic heterocycles. The van der Waals surface area contributed by atoms with Crippen molar-refractivity contribution in [1.29, 1.82) is 0 Å². The van der Waals surface area contributed by atoms with Gasteiger partial charge in [0.15, 0.2) is 0 Å². The van der Waals surface area contributed by atoms with E-state index in [1.807, 2.05) is 36.4 Å². The van der Waals surface area contributed by atoms with Gasteiger partial charge in [-0.05, 0) is 67.7 Å². The fraction of sp³-hybridized carbons (Fsp3) is 0. The molecule has 0 aliphatic carbocycles. The molecule has 2 nitrogen and oxygen atoms in total. The average molecular weight is 499 g/mol. The number of rotatable bonds is 5. The number of hydrazone groups is 1. The zero-order chi connectivity index (χ0) is 26.0. The van der Waals surface area contributed by atoms with Crippen molar-refractivity contribution in [1.82, 2.24) is 0 Å². The van der Waals surface area contributed by atoms with Gasteiger partial charge in [0.2, 0.25) is 0 Å². The number of nitrogens with zero attached hydrogens (tertiary/aromatic N) is 1. The molecule has 0 fully saturated rings. The molecule has 0 aliphatic rings. The van der Waals surface area contributed by atoms with Gasteiger partial charge in [0.25, 0.3) is 0 Å². The van der Waals surface area contributed by atoms with Gasteiger partial charge in [0.1, 0.15) is 0 Å². The summed E-state index contributed by atoms with van der Waals surface area (Å²) in [4.78, 5) is 0. The fourth-order valence-corrected chi connectivity index (χ4v) is 5.30. The van der Waals surface area contributed by atoms with Crippen molar-refractivity contribution >= 4 is 43.7 Å². The van der Waals surface area contributed by atoms with Crippen molar-refractivity contribution in [3.05, 3.63) is 163 Å². The molecule has 39 heavy (non-hydrogen) atoms. The molecule has 0 amide bonds. The predicted octanol–water partition coefficient (Wildman–Crippen LogP) is 9.68. The molecule has 0 aliphatic heterocycles. The Morgan fingerprint density at radius 3 is 1.62 bits per heavy atom. The summed E-state index contributed by atoms with van der Waals surface area (Å²) in [6.07, 6.45) is 0. The second-order valence-corrected chi connectivity index (χ2v) is 9.80. The first-order valence-electron chi connectivity index (χ1n) is 13.2. The van der Waals surface area contributed by atoms with Gasteiger partial charge >= 0.3 is 0 Å². The minimum atomic E-state index is 0.913. The number of benzene rings is 7. The van der Waals surface area contributed by atoms with Gasteiger partial charge < -0.3 is 0 Å². The van der Waals surface area contributed by atoms with Crippen molar-refractivity contribution in [3.63, 3.8) is 0 Å². The maximum Gasteiger partial charge on any atom is 0.0977 e. The van der Waals surface area contributed by atoms with Gasteiger partial charge in [-0.25, -0.2) is 0 Å². The number of hydrogen-bond acceptors (Lipinski definition) is 2. The Balaban J connectivity index is 1.23. The molecule has 1 N–H and O–H groups in total. The summed E-state index contributed by atoms with van der Waals surface area (Å²) in [5.74, 6) is 0. The minimum absolute atomic E-state index is 0.913. The number of fused-ring (bicyclic) bond motifs is 4. The van der Waals surface area contributed by atoms with Crippen LogP contribution in [-0.2, 0) is 0 Å². The quantitative estimate of drug-likeness (QED) is 0.143. The summed E-state index contributed by atoms with van der Waals surface area (Å²) >= 11 is 0. The smallest absolute Gasteiger partial charge is 0.0977 e. The van der Waals surface area contributed by atoms with E-state index in [1.54, 1.807) is 0 Å². The van der Waals surface area contributed by atoms with E-state index in [2.05, 4.69) is 121 Å². The first-order valence-corrected chi connectivity index (χ1v) is 13.2. The summed E-state index contributed by atoms with van der Waals surface area (Å²) in [5.41, 5.74) is 9.80. The third-order valence-electron chi connectivity index (χ3n) is 7.31. The van der Waals surface area contributed by atoms with E-state index in [0.29, 0.717) is 0 Å². The van der Waals surface area contributed by atoms with E-state index in [9.17, 15) is 0 Å². The van der Waals surface area contributed by atoms with E-state index < -0.39 is 0 Å². The highest BCUT2D eigenvalue weighted by molar-refractivity contribution is 6.13. The average Bonchev–Trinajstić information content (AvgIpc) is 3.01. The molecule has 0 saturated heterocycles. The standard InChI is InChI=1S/C37H26N2/c1-3-10-27(11-4-1)37(28-12-5-2-6-13-28)39-38-34-20-22-36-33(25-34)18-17-32-24-31(19-21-35(32)36)30-16-15-26-9-7-8-14-29(26)23-30/h1-25,38H. The molecular formula is C37H26N2. The summed E-state index contributed by atoms with van der Waals surface area (Å²) < 4.78 is 0. The molecule has 0 unspecified atom stereocenters. The molecule has 0 bridgehead atoms. The van der Waals surface area contributed by atoms with E-state index in [4.69, 9.17) is 5.10 Å². The molecule has 7 aromatic carbocycles. The Morgan fingerprint density at radius 1 is 0.410 bits per heavy atom. The van der Waals surface area contributed by atoms with Crippen LogP contribution in [0, 0.1) is 0 Å². The number of hydrogen-bond donors (Lipinski definition) is 1. The summed E-state index contributed by atoms with van der Waals surface area (Å²) in [6, 6.07) is 53.4. The van der Waals surface area contributed by atoms with Crippen molar-refractivity contribution in [2.45, 2.75) is 0 Å². The SMILES string of the molecule is c1ccc(C(=NNc2ccc3c(ccc4cc(-c5ccc6ccccc6c5)ccc43)c2)c2ccccc2)cc1. The lowest BCUT2D eigenvalue weighted by atomic mass is 9.96. The molecule has 0 heterocycles. The van der Waals surface area contributed by atoms with E-state index in [-0.39, 0.29) is 0 Å². The van der Waals surface area contributed by atoms with E-state index in [1.165, 1.54) is 43.4 Å². The maximum absolute atomic E-state index is 4.84. The zero-order valence-electron chi connectivity index (χ0n) is 21.4. The van der Waals surface area contributed by atoms with Gasteiger partial charge in [-0.1, -0.05) is 127 Å². The van der Waals surface area contributed by atoms with Crippen molar-refractivity contribution < 1.29 is 0 Å². The van der Waals surface area contributed by atoms with Crippen molar-refractivity contribution in [2.24, 2.45) is 5.10 Å². The molecule has 0 atom stereocenters. The van der Waals surface area contributed by atoms with Crippen LogP contribution in [0.4, 0.5) is 5.69 Å². The molecule has 0 spiro atoms. The van der Waals surface area contributed by atoms with E-state index >= 15 is 0 Å². The first kappa shape index (κ1) is 22.9. The fourth-order valence-electron chi connectivity index (χ4n) is 5.30. The van der Waals surface area contributed by atoms with Crippen LogP contribution >= 0.6 is 0 Å².